The summed E-state index contributed by atoms with van der Waals surface area (Å²) in [6.07, 6.45) is 4.26. The standard InChI is InChI=1S/C13H19NO3.C2H6/c1-8-9-5-6-10(7-9)11(15)14(8)12(16)17-13(2,3)4;1-2/h5-6,8-10H,7H2,1-4H3;1-2H3. The van der Waals surface area contributed by atoms with Gasteiger partial charge in [0.1, 0.15) is 5.60 Å². The van der Waals surface area contributed by atoms with Gasteiger partial charge in [-0.05, 0) is 40.0 Å². The Morgan fingerprint density at radius 2 is 1.89 bits per heavy atom. The number of imide groups is 1. The van der Waals surface area contributed by atoms with Crippen molar-refractivity contribution in [2.24, 2.45) is 11.8 Å². The number of carbonyl (C=O) groups is 2. The van der Waals surface area contributed by atoms with Crippen LogP contribution in [0, 0.1) is 11.8 Å². The minimum atomic E-state index is -0.568. The molecule has 19 heavy (non-hydrogen) atoms. The number of fused-ring (bicyclic) bond motifs is 2. The van der Waals surface area contributed by atoms with Crippen LogP contribution in [-0.2, 0) is 9.53 Å². The number of rotatable bonds is 0. The van der Waals surface area contributed by atoms with Crippen LogP contribution in [-0.4, -0.2) is 28.5 Å². The molecule has 2 rings (SSSR count). The molecule has 2 aliphatic rings. The van der Waals surface area contributed by atoms with Gasteiger partial charge in [-0.1, -0.05) is 26.0 Å². The first-order chi connectivity index (χ1) is 8.79. The van der Waals surface area contributed by atoms with E-state index in [9.17, 15) is 9.59 Å². The van der Waals surface area contributed by atoms with Crippen molar-refractivity contribution >= 4 is 12.0 Å². The Hall–Kier alpha value is -1.32. The van der Waals surface area contributed by atoms with Gasteiger partial charge in [0.25, 0.3) is 0 Å². The quantitative estimate of drug-likeness (QED) is 0.632. The second-order valence-corrected chi connectivity index (χ2v) is 5.82. The molecular weight excluding hydrogens is 242 g/mol. The highest BCUT2D eigenvalue weighted by atomic mass is 16.6. The van der Waals surface area contributed by atoms with Crippen LogP contribution < -0.4 is 0 Å². The van der Waals surface area contributed by atoms with E-state index >= 15 is 0 Å². The van der Waals surface area contributed by atoms with Crippen LogP contribution in [0.1, 0.15) is 48.0 Å². The molecule has 0 aromatic carbocycles. The van der Waals surface area contributed by atoms with Gasteiger partial charge in [-0.2, -0.15) is 0 Å². The molecule has 2 amide bonds. The first-order valence-electron chi connectivity index (χ1n) is 7.04. The third kappa shape index (κ3) is 3.37. The Balaban J connectivity index is 0.000000861. The van der Waals surface area contributed by atoms with Gasteiger partial charge in [0.2, 0.25) is 5.91 Å². The number of amides is 2. The van der Waals surface area contributed by atoms with Gasteiger partial charge >= 0.3 is 6.09 Å². The predicted molar refractivity (Wildman–Crippen MR) is 74.6 cm³/mol. The summed E-state index contributed by atoms with van der Waals surface area (Å²) in [5, 5.41) is 0. The first kappa shape index (κ1) is 15.7. The van der Waals surface area contributed by atoms with Crippen molar-refractivity contribution in [1.82, 2.24) is 4.90 Å². The molecule has 4 heteroatoms. The number of nitrogens with zero attached hydrogens (tertiary/aromatic N) is 1. The largest absolute Gasteiger partial charge is 0.443 e. The first-order valence-corrected chi connectivity index (χ1v) is 7.04. The summed E-state index contributed by atoms with van der Waals surface area (Å²) in [7, 11) is 0. The fraction of sp³-hybridized carbons (Fsp3) is 0.733. The van der Waals surface area contributed by atoms with Crippen LogP contribution in [0.4, 0.5) is 4.79 Å². The Labute approximate surface area is 115 Å². The van der Waals surface area contributed by atoms with Crippen molar-refractivity contribution in [2.45, 2.75) is 59.6 Å². The van der Waals surface area contributed by atoms with Crippen LogP contribution in [0.3, 0.4) is 0 Å². The highest BCUT2D eigenvalue weighted by Gasteiger charge is 2.44. The molecule has 0 spiro atoms. The summed E-state index contributed by atoms with van der Waals surface area (Å²) in [6.45, 7) is 11.3. The van der Waals surface area contributed by atoms with E-state index in [1.165, 1.54) is 4.90 Å². The zero-order chi connectivity index (χ0) is 14.8. The van der Waals surface area contributed by atoms with Gasteiger partial charge in [-0.25, -0.2) is 9.69 Å². The molecule has 0 N–H and O–H groups in total. The maximum Gasteiger partial charge on any atom is 0.417 e. The van der Waals surface area contributed by atoms with Crippen molar-refractivity contribution in [3.63, 3.8) is 0 Å². The zero-order valence-electron chi connectivity index (χ0n) is 12.8. The average Bonchev–Trinajstić information content (AvgIpc) is 2.74. The Morgan fingerprint density at radius 3 is 2.42 bits per heavy atom. The lowest BCUT2D eigenvalue weighted by Crippen LogP contribution is -2.52. The maximum atomic E-state index is 12.1. The molecule has 1 saturated heterocycles. The lowest BCUT2D eigenvalue weighted by molar-refractivity contribution is -0.138. The van der Waals surface area contributed by atoms with Crippen LogP contribution in [0.5, 0.6) is 0 Å². The number of hydrogen-bond donors (Lipinski definition) is 0. The molecule has 1 aliphatic heterocycles. The van der Waals surface area contributed by atoms with Gasteiger partial charge in [0, 0.05) is 6.04 Å². The van der Waals surface area contributed by atoms with Gasteiger partial charge in [0.05, 0.1) is 5.92 Å². The van der Waals surface area contributed by atoms with Crippen LogP contribution in [0.2, 0.25) is 0 Å². The highest BCUT2D eigenvalue weighted by molar-refractivity contribution is 5.96. The lowest BCUT2D eigenvalue weighted by Gasteiger charge is -2.37. The van der Waals surface area contributed by atoms with Gasteiger partial charge in [-0.15, -0.1) is 0 Å². The molecule has 0 aromatic rings. The fourth-order valence-corrected chi connectivity index (χ4v) is 2.41. The van der Waals surface area contributed by atoms with Gasteiger partial charge in [0.15, 0.2) is 0 Å². The van der Waals surface area contributed by atoms with Crippen molar-refractivity contribution in [1.29, 1.82) is 0 Å². The Morgan fingerprint density at radius 1 is 1.32 bits per heavy atom. The number of ether oxygens (including phenoxy) is 1. The minimum Gasteiger partial charge on any atom is -0.443 e. The van der Waals surface area contributed by atoms with Crippen LogP contribution in [0.25, 0.3) is 0 Å². The molecule has 3 unspecified atom stereocenters. The van der Waals surface area contributed by atoms with Crippen molar-refractivity contribution in [3.05, 3.63) is 12.2 Å². The third-order valence-electron chi connectivity index (χ3n) is 3.29. The molecular formula is C15H25NO3. The molecule has 3 atom stereocenters. The molecule has 4 nitrogen and oxygen atoms in total. The van der Waals surface area contributed by atoms with Gasteiger partial charge < -0.3 is 4.74 Å². The SMILES string of the molecule is CC.CC1C2C=CC(C2)C(=O)N1C(=O)OC(C)(C)C. The molecule has 1 aliphatic carbocycles. The summed E-state index contributed by atoms with van der Waals surface area (Å²) in [5.41, 5.74) is -0.568. The molecule has 0 radical (unpaired) electrons. The van der Waals surface area contributed by atoms with E-state index in [2.05, 4.69) is 0 Å². The Kier molecular flexibility index (Phi) is 4.77. The molecule has 2 bridgehead atoms. The molecule has 0 saturated carbocycles. The normalized spacial score (nSPS) is 28.8. The third-order valence-corrected chi connectivity index (χ3v) is 3.29. The molecule has 108 valence electrons. The number of hydrogen-bond acceptors (Lipinski definition) is 3. The Bertz CT molecular complexity index is 381. The van der Waals surface area contributed by atoms with Crippen LogP contribution >= 0.6 is 0 Å². The highest BCUT2D eigenvalue weighted by Crippen LogP contribution is 2.36. The summed E-state index contributed by atoms with van der Waals surface area (Å²) in [4.78, 5) is 25.4. The second kappa shape index (κ2) is 5.76. The lowest BCUT2D eigenvalue weighted by atomic mass is 9.90. The van der Waals surface area contributed by atoms with Crippen LogP contribution in [0.15, 0.2) is 12.2 Å². The van der Waals surface area contributed by atoms with Crippen molar-refractivity contribution < 1.29 is 14.3 Å². The minimum absolute atomic E-state index is 0.104. The number of carbonyl (C=O) groups excluding carboxylic acids is 2. The molecule has 1 fully saturated rings. The summed E-state index contributed by atoms with van der Waals surface area (Å²) in [5.74, 6) is 0.0192. The second-order valence-electron chi connectivity index (χ2n) is 5.82. The van der Waals surface area contributed by atoms with E-state index < -0.39 is 11.7 Å². The monoisotopic (exact) mass is 267 g/mol. The summed E-state index contributed by atoms with van der Waals surface area (Å²) >= 11 is 0. The van der Waals surface area contributed by atoms with E-state index in [0.717, 1.165) is 6.42 Å². The summed E-state index contributed by atoms with van der Waals surface area (Å²) in [6, 6.07) is -0.104. The van der Waals surface area contributed by atoms with E-state index in [1.807, 2.05) is 32.9 Å². The van der Waals surface area contributed by atoms with E-state index in [1.54, 1.807) is 20.8 Å². The molecule has 1 heterocycles. The van der Waals surface area contributed by atoms with E-state index in [4.69, 9.17) is 4.74 Å². The predicted octanol–water partition coefficient (Wildman–Crippen LogP) is 3.37. The van der Waals surface area contributed by atoms with E-state index in [-0.39, 0.29) is 23.8 Å². The van der Waals surface area contributed by atoms with Crippen molar-refractivity contribution in [2.75, 3.05) is 0 Å². The number of likely N-dealkylation sites (tertiary alicyclic amines) is 1. The zero-order valence-corrected chi connectivity index (χ0v) is 12.8. The smallest absolute Gasteiger partial charge is 0.417 e. The topological polar surface area (TPSA) is 46.6 Å². The van der Waals surface area contributed by atoms with Gasteiger partial charge in [-0.3, -0.25) is 4.79 Å². The van der Waals surface area contributed by atoms with E-state index in [0.29, 0.717) is 0 Å². The number of piperidine rings is 1. The summed E-state index contributed by atoms with van der Waals surface area (Å²) < 4.78 is 5.28. The average molecular weight is 267 g/mol. The fourth-order valence-electron chi connectivity index (χ4n) is 2.41. The maximum absolute atomic E-state index is 12.1. The molecule has 0 aromatic heterocycles. The van der Waals surface area contributed by atoms with Crippen molar-refractivity contribution in [3.8, 4) is 0 Å².